The lowest BCUT2D eigenvalue weighted by Gasteiger charge is -2.33. The summed E-state index contributed by atoms with van der Waals surface area (Å²) in [6, 6.07) is 0. The zero-order valence-corrected chi connectivity index (χ0v) is 6.42. The Hall–Kier alpha value is -0.790. The summed E-state index contributed by atoms with van der Waals surface area (Å²) < 4.78 is 0. The number of hydrogen-bond donors (Lipinski definition) is 1. The quantitative estimate of drug-likeness (QED) is 0.582. The van der Waals surface area contributed by atoms with Crippen LogP contribution in [-0.2, 0) is 4.79 Å². The number of aliphatic carboxylic acids is 1. The lowest BCUT2D eigenvalue weighted by molar-refractivity contribution is -0.131. The van der Waals surface area contributed by atoms with Gasteiger partial charge in [-0.25, -0.2) is 4.79 Å². The molecule has 1 N–H and O–H groups in total. The third-order valence-electron chi connectivity index (χ3n) is 2.94. The maximum atomic E-state index is 10.3. The molecule has 2 saturated carbocycles. The molecule has 0 aliphatic heterocycles. The van der Waals surface area contributed by atoms with Crippen molar-refractivity contribution >= 4 is 5.97 Å². The van der Waals surface area contributed by atoms with Crippen LogP contribution < -0.4 is 0 Å². The maximum Gasteiger partial charge on any atom is 0.328 e. The molecule has 2 unspecified atom stereocenters. The normalized spacial score (nSPS) is 38.4. The second-order valence-corrected chi connectivity index (χ2v) is 3.56. The Bertz CT molecular complexity index is 218. The van der Waals surface area contributed by atoms with Crippen molar-refractivity contribution in [1.82, 2.24) is 0 Å². The van der Waals surface area contributed by atoms with Gasteiger partial charge in [-0.2, -0.15) is 0 Å². The van der Waals surface area contributed by atoms with Gasteiger partial charge in [-0.05, 0) is 31.1 Å². The SMILES string of the molecule is O=C(O)C=C1CC2CCCC12. The van der Waals surface area contributed by atoms with E-state index < -0.39 is 5.97 Å². The monoisotopic (exact) mass is 152 g/mol. The standard InChI is InChI=1S/C9H12O2/c10-9(11)5-7-4-6-2-1-3-8(6)7/h5-6,8H,1-4H2,(H,10,11). The Balaban J connectivity index is 2.05. The first-order valence-electron chi connectivity index (χ1n) is 4.21. The van der Waals surface area contributed by atoms with Gasteiger partial charge in [-0.15, -0.1) is 0 Å². The number of fused-ring (bicyclic) bond motifs is 1. The van der Waals surface area contributed by atoms with E-state index in [0.717, 1.165) is 12.3 Å². The summed E-state index contributed by atoms with van der Waals surface area (Å²) in [5, 5.41) is 8.49. The molecule has 0 heterocycles. The van der Waals surface area contributed by atoms with Crippen LogP contribution in [0, 0.1) is 11.8 Å². The molecule has 2 aliphatic rings. The summed E-state index contributed by atoms with van der Waals surface area (Å²) in [6.07, 6.45) is 6.31. The number of carboxylic acid groups (broad SMARTS) is 1. The second kappa shape index (κ2) is 2.36. The minimum atomic E-state index is -0.773. The molecule has 0 amide bonds. The van der Waals surface area contributed by atoms with Gasteiger partial charge in [-0.3, -0.25) is 0 Å². The van der Waals surface area contributed by atoms with Crippen LogP contribution in [0.15, 0.2) is 11.6 Å². The van der Waals surface area contributed by atoms with Crippen LogP contribution >= 0.6 is 0 Å². The molecule has 2 fully saturated rings. The Morgan fingerprint density at radius 1 is 1.55 bits per heavy atom. The molecule has 2 heteroatoms. The molecule has 0 spiro atoms. The van der Waals surface area contributed by atoms with Gasteiger partial charge in [0.2, 0.25) is 0 Å². The lowest BCUT2D eigenvalue weighted by Crippen LogP contribution is -2.24. The van der Waals surface area contributed by atoms with E-state index in [1.54, 1.807) is 0 Å². The zero-order chi connectivity index (χ0) is 7.84. The topological polar surface area (TPSA) is 37.3 Å². The van der Waals surface area contributed by atoms with Gasteiger partial charge >= 0.3 is 5.97 Å². The van der Waals surface area contributed by atoms with E-state index >= 15 is 0 Å². The van der Waals surface area contributed by atoms with E-state index in [0.29, 0.717) is 5.92 Å². The highest BCUT2D eigenvalue weighted by Gasteiger charge is 2.39. The van der Waals surface area contributed by atoms with E-state index in [2.05, 4.69) is 0 Å². The van der Waals surface area contributed by atoms with Gasteiger partial charge in [0.15, 0.2) is 0 Å². The van der Waals surface area contributed by atoms with Crippen molar-refractivity contribution in [3.63, 3.8) is 0 Å². The molecule has 0 aromatic heterocycles. The van der Waals surface area contributed by atoms with Gasteiger partial charge in [0.25, 0.3) is 0 Å². The molecule has 0 saturated heterocycles. The van der Waals surface area contributed by atoms with Crippen LogP contribution in [0.1, 0.15) is 25.7 Å². The van der Waals surface area contributed by atoms with Crippen LogP contribution in [0.25, 0.3) is 0 Å². The number of allylic oxidation sites excluding steroid dienone is 1. The number of rotatable bonds is 1. The minimum Gasteiger partial charge on any atom is -0.478 e. The summed E-state index contributed by atoms with van der Waals surface area (Å²) >= 11 is 0. The Morgan fingerprint density at radius 3 is 3.00 bits per heavy atom. The molecular weight excluding hydrogens is 140 g/mol. The average molecular weight is 152 g/mol. The summed E-state index contributed by atoms with van der Waals surface area (Å²) in [6.45, 7) is 0. The van der Waals surface area contributed by atoms with Crippen molar-refractivity contribution in [2.24, 2.45) is 11.8 Å². The van der Waals surface area contributed by atoms with Crippen molar-refractivity contribution in [1.29, 1.82) is 0 Å². The molecule has 0 aromatic carbocycles. The third-order valence-corrected chi connectivity index (χ3v) is 2.94. The highest BCUT2D eigenvalue weighted by atomic mass is 16.4. The molecule has 2 aliphatic carbocycles. The largest absolute Gasteiger partial charge is 0.478 e. The summed E-state index contributed by atoms with van der Waals surface area (Å²) in [4.78, 5) is 10.3. The highest BCUT2D eigenvalue weighted by molar-refractivity contribution is 5.81. The van der Waals surface area contributed by atoms with Crippen molar-refractivity contribution in [3.05, 3.63) is 11.6 Å². The second-order valence-electron chi connectivity index (χ2n) is 3.56. The maximum absolute atomic E-state index is 10.3. The molecule has 0 bridgehead atoms. The summed E-state index contributed by atoms with van der Waals surface area (Å²) in [7, 11) is 0. The number of carboxylic acids is 1. The molecule has 0 radical (unpaired) electrons. The van der Waals surface area contributed by atoms with Gasteiger partial charge in [0.1, 0.15) is 0 Å². The number of carbonyl (C=O) groups is 1. The van der Waals surface area contributed by atoms with E-state index in [1.807, 2.05) is 0 Å². The van der Waals surface area contributed by atoms with Crippen molar-refractivity contribution in [3.8, 4) is 0 Å². The zero-order valence-electron chi connectivity index (χ0n) is 6.42. The Kier molecular flexibility index (Phi) is 1.48. The predicted molar refractivity (Wildman–Crippen MR) is 41.2 cm³/mol. The lowest BCUT2D eigenvalue weighted by atomic mass is 9.71. The fraction of sp³-hybridized carbons (Fsp3) is 0.667. The first-order chi connectivity index (χ1) is 5.27. The van der Waals surface area contributed by atoms with Crippen LogP contribution in [0.4, 0.5) is 0 Å². The minimum absolute atomic E-state index is 0.645. The van der Waals surface area contributed by atoms with E-state index in [1.165, 1.54) is 30.9 Å². The average Bonchev–Trinajstić information content (AvgIpc) is 2.26. The predicted octanol–water partition coefficient (Wildman–Crippen LogP) is 1.82. The van der Waals surface area contributed by atoms with E-state index in [4.69, 9.17) is 5.11 Å². The van der Waals surface area contributed by atoms with Crippen LogP contribution in [-0.4, -0.2) is 11.1 Å². The van der Waals surface area contributed by atoms with E-state index in [9.17, 15) is 4.79 Å². The van der Waals surface area contributed by atoms with Crippen LogP contribution in [0.5, 0.6) is 0 Å². The molecule has 2 rings (SSSR count). The van der Waals surface area contributed by atoms with Gasteiger partial charge in [0, 0.05) is 6.08 Å². The first-order valence-corrected chi connectivity index (χ1v) is 4.21. The Labute approximate surface area is 65.9 Å². The van der Waals surface area contributed by atoms with Crippen LogP contribution in [0.3, 0.4) is 0 Å². The van der Waals surface area contributed by atoms with Crippen molar-refractivity contribution in [2.45, 2.75) is 25.7 Å². The molecular formula is C9H12O2. The van der Waals surface area contributed by atoms with Crippen molar-refractivity contribution < 1.29 is 9.90 Å². The fourth-order valence-corrected chi connectivity index (χ4v) is 2.39. The van der Waals surface area contributed by atoms with Gasteiger partial charge in [0.05, 0.1) is 0 Å². The van der Waals surface area contributed by atoms with Crippen molar-refractivity contribution in [2.75, 3.05) is 0 Å². The van der Waals surface area contributed by atoms with E-state index in [-0.39, 0.29) is 0 Å². The molecule has 2 nitrogen and oxygen atoms in total. The molecule has 2 atom stereocenters. The molecule has 60 valence electrons. The molecule has 11 heavy (non-hydrogen) atoms. The van der Waals surface area contributed by atoms with Crippen LogP contribution in [0.2, 0.25) is 0 Å². The first kappa shape index (κ1) is 6.89. The third kappa shape index (κ3) is 1.06. The smallest absolute Gasteiger partial charge is 0.328 e. The van der Waals surface area contributed by atoms with Gasteiger partial charge < -0.3 is 5.11 Å². The Morgan fingerprint density at radius 2 is 2.36 bits per heavy atom. The molecule has 0 aromatic rings. The number of hydrogen-bond acceptors (Lipinski definition) is 1. The summed E-state index contributed by atoms with van der Waals surface area (Å²) in [5.41, 5.74) is 1.18. The summed E-state index contributed by atoms with van der Waals surface area (Å²) in [5.74, 6) is 0.706. The van der Waals surface area contributed by atoms with Gasteiger partial charge in [-0.1, -0.05) is 12.0 Å². The fourth-order valence-electron chi connectivity index (χ4n) is 2.39. The highest BCUT2D eigenvalue weighted by Crippen LogP contribution is 2.50.